The van der Waals surface area contributed by atoms with Gasteiger partial charge in [0.1, 0.15) is 11.5 Å². The molecule has 2 aromatic rings. The molecule has 8 nitrogen and oxygen atoms in total. The molecular formula is C24H39IN4O4. The van der Waals surface area contributed by atoms with Crippen molar-refractivity contribution in [2.24, 2.45) is 4.99 Å². The molecule has 1 fully saturated rings. The first-order chi connectivity index (χ1) is 15.7. The first kappa shape index (κ1) is 27.5. The van der Waals surface area contributed by atoms with E-state index in [2.05, 4.69) is 28.6 Å². The van der Waals surface area contributed by atoms with Crippen LogP contribution in [0.5, 0.6) is 11.5 Å². The minimum atomic E-state index is 0. The Balaban J connectivity index is 0.00000385. The number of halogens is 1. The van der Waals surface area contributed by atoms with Crippen LogP contribution >= 0.6 is 24.0 Å². The molecule has 1 saturated heterocycles. The highest BCUT2D eigenvalue weighted by Crippen LogP contribution is 2.31. The monoisotopic (exact) mass is 574 g/mol. The van der Waals surface area contributed by atoms with E-state index < -0.39 is 0 Å². The minimum absolute atomic E-state index is 0. The highest BCUT2D eigenvalue weighted by molar-refractivity contribution is 14.0. The average molecular weight is 575 g/mol. The smallest absolute Gasteiger partial charge is 0.191 e. The molecule has 0 saturated carbocycles. The van der Waals surface area contributed by atoms with Gasteiger partial charge in [-0.05, 0) is 45.1 Å². The quantitative estimate of drug-likeness (QED) is 0.154. The predicted octanol–water partition coefficient (Wildman–Crippen LogP) is 3.88. The molecule has 0 amide bonds. The number of nitrogens with zero attached hydrogens (tertiary/aromatic N) is 1. The van der Waals surface area contributed by atoms with Crippen LogP contribution in [0, 0.1) is 0 Å². The van der Waals surface area contributed by atoms with E-state index in [-0.39, 0.29) is 24.0 Å². The number of ether oxygens (including phenoxy) is 4. The predicted molar refractivity (Wildman–Crippen MR) is 144 cm³/mol. The fourth-order valence-corrected chi connectivity index (χ4v) is 3.83. The number of hydrogen-bond acceptors (Lipinski definition) is 5. The van der Waals surface area contributed by atoms with E-state index in [0.717, 1.165) is 99.9 Å². The summed E-state index contributed by atoms with van der Waals surface area (Å²) in [6, 6.07) is 6.06. The number of fused-ring (bicyclic) bond motifs is 1. The zero-order chi connectivity index (χ0) is 22.6. The van der Waals surface area contributed by atoms with E-state index in [0.29, 0.717) is 6.10 Å². The minimum Gasteiger partial charge on any atom is -0.497 e. The molecule has 0 unspecified atom stereocenters. The molecule has 0 radical (unpaired) electrons. The van der Waals surface area contributed by atoms with Crippen molar-refractivity contribution in [3.05, 3.63) is 23.9 Å². The van der Waals surface area contributed by atoms with Crippen molar-refractivity contribution in [1.82, 2.24) is 15.6 Å². The molecule has 3 N–H and O–H groups in total. The first-order valence-electron chi connectivity index (χ1n) is 11.7. The number of rotatable bonds is 12. The Kier molecular flexibility index (Phi) is 12.7. The standard InChI is InChI=1S/C24H38N4O4.HI/c1-4-25-24(27-11-6-12-32-19-8-13-31-14-9-19)26-10-5-7-18-15-21-22(28-18)16-20(29-2)17-23(21)30-3;/h15-17,19,28H,4-14H2,1-3H3,(H2,25,26,27);1H. The van der Waals surface area contributed by atoms with E-state index in [1.54, 1.807) is 14.2 Å². The number of aliphatic imine (C=N–C) groups is 1. The molecule has 1 aliphatic heterocycles. The Morgan fingerprint density at radius 2 is 1.94 bits per heavy atom. The number of methoxy groups -OCH3 is 2. The van der Waals surface area contributed by atoms with Crippen LogP contribution in [-0.2, 0) is 15.9 Å². The lowest BCUT2D eigenvalue weighted by Gasteiger charge is -2.22. The summed E-state index contributed by atoms with van der Waals surface area (Å²) in [5.41, 5.74) is 2.20. The molecule has 33 heavy (non-hydrogen) atoms. The Morgan fingerprint density at radius 1 is 1.12 bits per heavy atom. The largest absolute Gasteiger partial charge is 0.497 e. The van der Waals surface area contributed by atoms with Crippen LogP contribution in [0.4, 0.5) is 0 Å². The van der Waals surface area contributed by atoms with E-state index in [4.69, 9.17) is 23.9 Å². The Morgan fingerprint density at radius 3 is 2.67 bits per heavy atom. The lowest BCUT2D eigenvalue weighted by atomic mass is 10.1. The number of benzene rings is 1. The highest BCUT2D eigenvalue weighted by Gasteiger charge is 2.13. The van der Waals surface area contributed by atoms with Crippen LogP contribution in [0.15, 0.2) is 23.2 Å². The van der Waals surface area contributed by atoms with Crippen LogP contribution < -0.4 is 20.1 Å². The third-order valence-corrected chi connectivity index (χ3v) is 5.54. The fraction of sp³-hybridized carbons (Fsp3) is 0.625. The second-order valence-corrected chi connectivity index (χ2v) is 7.91. The van der Waals surface area contributed by atoms with Crippen LogP contribution in [0.3, 0.4) is 0 Å². The maximum atomic E-state index is 5.93. The Hall–Kier alpha value is -1.72. The van der Waals surface area contributed by atoms with E-state index >= 15 is 0 Å². The van der Waals surface area contributed by atoms with Gasteiger partial charge in [-0.3, -0.25) is 4.99 Å². The van der Waals surface area contributed by atoms with Gasteiger partial charge in [-0.2, -0.15) is 0 Å². The number of aryl methyl sites for hydroxylation is 1. The van der Waals surface area contributed by atoms with Crippen LogP contribution in [0.25, 0.3) is 10.9 Å². The van der Waals surface area contributed by atoms with E-state index in [1.165, 1.54) is 5.69 Å². The molecule has 186 valence electrons. The lowest BCUT2D eigenvalue weighted by Crippen LogP contribution is -2.38. The summed E-state index contributed by atoms with van der Waals surface area (Å²) in [4.78, 5) is 8.18. The topological polar surface area (TPSA) is 89.1 Å². The van der Waals surface area contributed by atoms with Crippen molar-refractivity contribution in [3.8, 4) is 11.5 Å². The van der Waals surface area contributed by atoms with Gasteiger partial charge in [0.25, 0.3) is 0 Å². The first-order valence-corrected chi connectivity index (χ1v) is 11.7. The van der Waals surface area contributed by atoms with Crippen LogP contribution in [0.1, 0.15) is 38.3 Å². The van der Waals surface area contributed by atoms with Gasteiger partial charge < -0.3 is 34.6 Å². The molecule has 1 aliphatic rings. The molecule has 2 heterocycles. The van der Waals surface area contributed by atoms with Gasteiger partial charge in [-0.25, -0.2) is 0 Å². The van der Waals surface area contributed by atoms with Gasteiger partial charge in [0.2, 0.25) is 0 Å². The van der Waals surface area contributed by atoms with Crippen molar-refractivity contribution in [2.75, 3.05) is 53.7 Å². The molecule has 3 rings (SSSR count). The van der Waals surface area contributed by atoms with Crippen molar-refractivity contribution in [3.63, 3.8) is 0 Å². The number of aromatic nitrogens is 1. The Bertz CT molecular complexity index is 852. The van der Waals surface area contributed by atoms with E-state index in [1.807, 2.05) is 12.1 Å². The normalized spacial score (nSPS) is 14.7. The summed E-state index contributed by atoms with van der Waals surface area (Å²) in [5, 5.41) is 7.79. The SMILES string of the molecule is CCNC(=NCCCc1cc2c(OC)cc(OC)cc2[nH]1)NCCCOC1CCOCC1.I. The fourth-order valence-electron chi connectivity index (χ4n) is 3.83. The summed E-state index contributed by atoms with van der Waals surface area (Å²) in [7, 11) is 3.35. The zero-order valence-electron chi connectivity index (χ0n) is 20.1. The summed E-state index contributed by atoms with van der Waals surface area (Å²) >= 11 is 0. The molecule has 1 aromatic heterocycles. The zero-order valence-corrected chi connectivity index (χ0v) is 22.4. The lowest BCUT2D eigenvalue weighted by molar-refractivity contribution is -0.0320. The van der Waals surface area contributed by atoms with Gasteiger partial charge in [0, 0.05) is 62.7 Å². The Labute approximate surface area is 214 Å². The van der Waals surface area contributed by atoms with Gasteiger partial charge >= 0.3 is 0 Å². The summed E-state index contributed by atoms with van der Waals surface area (Å²) in [6.07, 6.45) is 5.21. The van der Waals surface area contributed by atoms with Crippen molar-refractivity contribution < 1.29 is 18.9 Å². The number of hydrogen-bond donors (Lipinski definition) is 3. The number of guanidine groups is 1. The van der Waals surface area contributed by atoms with E-state index in [9.17, 15) is 0 Å². The molecule has 1 aromatic carbocycles. The van der Waals surface area contributed by atoms with Gasteiger partial charge in [0.15, 0.2) is 5.96 Å². The third-order valence-electron chi connectivity index (χ3n) is 5.54. The summed E-state index contributed by atoms with van der Waals surface area (Å²) in [6.45, 7) is 6.93. The number of aromatic amines is 1. The maximum absolute atomic E-state index is 5.93. The van der Waals surface area contributed by atoms with Crippen molar-refractivity contribution in [1.29, 1.82) is 0 Å². The number of nitrogens with one attached hydrogen (secondary N) is 3. The van der Waals surface area contributed by atoms with Gasteiger partial charge in [-0.1, -0.05) is 0 Å². The van der Waals surface area contributed by atoms with Crippen molar-refractivity contribution in [2.45, 2.75) is 45.1 Å². The highest BCUT2D eigenvalue weighted by atomic mass is 127. The molecular weight excluding hydrogens is 535 g/mol. The van der Waals surface area contributed by atoms with Crippen LogP contribution in [-0.4, -0.2) is 70.7 Å². The average Bonchev–Trinajstić information content (AvgIpc) is 3.24. The molecule has 0 aliphatic carbocycles. The second kappa shape index (κ2) is 15.2. The van der Waals surface area contributed by atoms with Gasteiger partial charge in [0.05, 0.1) is 25.8 Å². The third kappa shape index (κ3) is 8.86. The molecule has 0 bridgehead atoms. The second-order valence-electron chi connectivity index (χ2n) is 7.91. The molecule has 0 atom stereocenters. The van der Waals surface area contributed by atoms with Crippen LogP contribution in [0.2, 0.25) is 0 Å². The molecule has 9 heteroatoms. The van der Waals surface area contributed by atoms with Crippen molar-refractivity contribution >= 4 is 40.8 Å². The number of H-pyrrole nitrogens is 1. The summed E-state index contributed by atoms with van der Waals surface area (Å²) in [5.74, 6) is 2.47. The molecule has 0 spiro atoms. The maximum Gasteiger partial charge on any atom is 0.191 e. The van der Waals surface area contributed by atoms with Gasteiger partial charge in [-0.15, -0.1) is 24.0 Å². The summed E-state index contributed by atoms with van der Waals surface area (Å²) < 4.78 is 22.2.